The molecule has 0 aromatic rings. The van der Waals surface area contributed by atoms with Crippen molar-refractivity contribution in [3.63, 3.8) is 0 Å². The number of carbonyl (C=O) groups excluding carboxylic acids is 2. The van der Waals surface area contributed by atoms with Crippen molar-refractivity contribution in [3.05, 3.63) is 60.8 Å². The summed E-state index contributed by atoms with van der Waals surface area (Å²) in [4.78, 5) is 26.3. The molecule has 1 amide bonds. The van der Waals surface area contributed by atoms with Gasteiger partial charge in [-0.15, -0.1) is 0 Å². The molecule has 0 aliphatic rings. The van der Waals surface area contributed by atoms with Crippen molar-refractivity contribution in [2.75, 3.05) is 6.61 Å². The average Bonchev–Trinajstić information content (AvgIpc) is 3.33. The van der Waals surface area contributed by atoms with Gasteiger partial charge >= 0.3 is 5.97 Å². The number of hydrogen-bond acceptors (Lipinski definition) is 5. The Morgan fingerprint density at radius 1 is 0.426 bits per heavy atom. The molecule has 0 saturated carbocycles. The van der Waals surface area contributed by atoms with Crippen molar-refractivity contribution in [1.82, 2.24) is 5.32 Å². The number of hydrogen-bond donors (Lipinski definition) is 3. The third-order valence-electron chi connectivity index (χ3n) is 13.5. The number of unbranched alkanes of at least 4 members (excludes halogenated alkanes) is 35. The molecule has 3 unspecified atom stereocenters. The van der Waals surface area contributed by atoms with E-state index in [1.807, 2.05) is 30.4 Å². The highest BCUT2D eigenvalue weighted by Gasteiger charge is 2.24. The summed E-state index contributed by atoms with van der Waals surface area (Å²) in [5.41, 5.74) is 0. The predicted molar refractivity (Wildman–Crippen MR) is 296 cm³/mol. The molecule has 3 atom stereocenters. The van der Waals surface area contributed by atoms with Gasteiger partial charge in [0.2, 0.25) is 5.91 Å². The Balaban J connectivity index is 4.60. The lowest BCUT2D eigenvalue weighted by Crippen LogP contribution is -2.46. The summed E-state index contributed by atoms with van der Waals surface area (Å²) >= 11 is 0. The van der Waals surface area contributed by atoms with Gasteiger partial charge in [0, 0.05) is 6.42 Å². The van der Waals surface area contributed by atoms with Crippen LogP contribution in [0.4, 0.5) is 0 Å². The summed E-state index contributed by atoms with van der Waals surface area (Å²) in [5, 5.41) is 23.9. The molecule has 396 valence electrons. The van der Waals surface area contributed by atoms with Crippen LogP contribution in [0.25, 0.3) is 0 Å². The van der Waals surface area contributed by atoms with Crippen LogP contribution in [0.3, 0.4) is 0 Å². The first-order chi connectivity index (χ1) is 33.5. The monoisotopic (exact) mass is 952 g/mol. The second-order valence-electron chi connectivity index (χ2n) is 20.2. The maximum Gasteiger partial charge on any atom is 0.306 e. The molecule has 0 radical (unpaired) electrons. The van der Waals surface area contributed by atoms with E-state index in [0.29, 0.717) is 19.3 Å². The molecule has 0 aromatic heterocycles. The Bertz CT molecular complexity index is 1210. The zero-order chi connectivity index (χ0) is 49.5. The number of aliphatic hydroxyl groups is 2. The first-order valence-corrected chi connectivity index (χ1v) is 29.6. The number of rotatable bonds is 53. The van der Waals surface area contributed by atoms with Crippen LogP contribution in [-0.2, 0) is 14.3 Å². The minimum atomic E-state index is -0.801. The van der Waals surface area contributed by atoms with Gasteiger partial charge in [-0.3, -0.25) is 9.59 Å². The van der Waals surface area contributed by atoms with Gasteiger partial charge in [-0.05, 0) is 44.9 Å². The first-order valence-electron chi connectivity index (χ1n) is 29.6. The third-order valence-corrected chi connectivity index (χ3v) is 13.5. The topological polar surface area (TPSA) is 95.9 Å². The molecule has 0 rings (SSSR count). The standard InChI is InChI=1S/C62H113NO5/c1-4-7-10-13-16-19-22-25-28-30-31-34-37-40-43-46-49-52-55-62(67)68-58(53-50-47-44-41-38-35-33-29-26-23-20-17-14-11-8-5-2)56-61(66)63-59(57-64)60(65)54-51-48-45-42-39-36-32-27-24-21-18-15-12-9-6-3/h11,14,17,20,23,26,29,33,35,38,58-60,64-65H,4-10,12-13,15-16,18-19,21-22,24-25,27-28,30-32,34,36-37,39-57H2,1-3H3,(H,63,66)/b14-11+,20-17+,26-23+,33-29+,38-35+. The van der Waals surface area contributed by atoms with E-state index in [-0.39, 0.29) is 24.9 Å². The minimum absolute atomic E-state index is 0.0511. The van der Waals surface area contributed by atoms with E-state index in [0.717, 1.165) is 70.6 Å². The largest absolute Gasteiger partial charge is 0.462 e. The molecule has 0 aliphatic carbocycles. The molecule has 0 aliphatic heterocycles. The number of carbonyl (C=O) groups is 2. The van der Waals surface area contributed by atoms with Crippen LogP contribution in [0, 0.1) is 0 Å². The Labute approximate surface area is 422 Å². The van der Waals surface area contributed by atoms with E-state index in [9.17, 15) is 19.8 Å². The fourth-order valence-corrected chi connectivity index (χ4v) is 8.99. The number of aliphatic hydroxyl groups excluding tert-OH is 2. The van der Waals surface area contributed by atoms with Gasteiger partial charge in [-0.25, -0.2) is 0 Å². The summed E-state index contributed by atoms with van der Waals surface area (Å²) in [6.07, 6.45) is 70.0. The second kappa shape index (κ2) is 55.5. The van der Waals surface area contributed by atoms with E-state index in [1.165, 1.54) is 180 Å². The summed E-state index contributed by atoms with van der Waals surface area (Å²) in [7, 11) is 0. The molecule has 0 saturated heterocycles. The molecule has 0 fully saturated rings. The van der Waals surface area contributed by atoms with Gasteiger partial charge in [-0.2, -0.15) is 0 Å². The van der Waals surface area contributed by atoms with E-state index in [2.05, 4.69) is 56.5 Å². The van der Waals surface area contributed by atoms with Crippen LogP contribution in [0.5, 0.6) is 0 Å². The van der Waals surface area contributed by atoms with Gasteiger partial charge in [0.05, 0.1) is 25.2 Å². The van der Waals surface area contributed by atoms with Crippen LogP contribution in [0.1, 0.15) is 297 Å². The van der Waals surface area contributed by atoms with Gasteiger partial charge in [0.15, 0.2) is 0 Å². The van der Waals surface area contributed by atoms with E-state index in [4.69, 9.17) is 4.74 Å². The SMILES string of the molecule is CCC/C=C/C=C/C=C/C=C/C=C/CCCCCC(CC(=O)NC(CO)C(O)CCCCCCCCCCCCCCCCC)OC(=O)CCCCCCCCCCCCCCCCCCCC. The third kappa shape index (κ3) is 50.0. The fraction of sp³-hybridized carbons (Fsp3) is 0.806. The molecule has 0 heterocycles. The quantitative estimate of drug-likeness (QED) is 0.0321. The van der Waals surface area contributed by atoms with E-state index >= 15 is 0 Å². The normalized spacial score (nSPS) is 13.5. The number of nitrogens with one attached hydrogen (secondary N) is 1. The van der Waals surface area contributed by atoms with Crippen molar-refractivity contribution < 1.29 is 24.5 Å². The molecular weight excluding hydrogens is 839 g/mol. The number of allylic oxidation sites excluding steroid dienone is 10. The highest BCUT2D eigenvalue weighted by molar-refractivity contribution is 5.77. The number of amides is 1. The molecule has 68 heavy (non-hydrogen) atoms. The van der Waals surface area contributed by atoms with Gasteiger partial charge in [0.25, 0.3) is 0 Å². The maximum atomic E-state index is 13.3. The predicted octanol–water partition coefficient (Wildman–Crippen LogP) is 18.4. The van der Waals surface area contributed by atoms with Gasteiger partial charge in [-0.1, -0.05) is 300 Å². The molecular formula is C62H113NO5. The summed E-state index contributed by atoms with van der Waals surface area (Å²) in [6.45, 7) is 6.42. The van der Waals surface area contributed by atoms with Crippen LogP contribution >= 0.6 is 0 Å². The zero-order valence-electron chi connectivity index (χ0n) is 45.2. The van der Waals surface area contributed by atoms with Gasteiger partial charge in [0.1, 0.15) is 6.10 Å². The maximum absolute atomic E-state index is 13.3. The lowest BCUT2D eigenvalue weighted by atomic mass is 10.0. The second-order valence-corrected chi connectivity index (χ2v) is 20.2. The first kappa shape index (κ1) is 65.6. The molecule has 0 aromatic carbocycles. The van der Waals surface area contributed by atoms with Crippen molar-refractivity contribution in [2.45, 2.75) is 315 Å². The van der Waals surface area contributed by atoms with Crippen molar-refractivity contribution in [1.29, 1.82) is 0 Å². The average molecular weight is 953 g/mol. The Morgan fingerprint density at radius 2 is 0.779 bits per heavy atom. The highest BCUT2D eigenvalue weighted by atomic mass is 16.5. The molecule has 6 nitrogen and oxygen atoms in total. The van der Waals surface area contributed by atoms with E-state index < -0.39 is 18.2 Å². The highest BCUT2D eigenvalue weighted by Crippen LogP contribution is 2.19. The van der Waals surface area contributed by atoms with Crippen molar-refractivity contribution in [3.8, 4) is 0 Å². The van der Waals surface area contributed by atoms with Crippen LogP contribution < -0.4 is 5.32 Å². The molecule has 3 N–H and O–H groups in total. The smallest absolute Gasteiger partial charge is 0.306 e. The van der Waals surface area contributed by atoms with E-state index in [1.54, 1.807) is 0 Å². The molecule has 0 bridgehead atoms. The Hall–Kier alpha value is -2.44. The summed E-state index contributed by atoms with van der Waals surface area (Å²) in [5.74, 6) is -0.504. The number of ether oxygens (including phenoxy) is 1. The molecule has 6 heteroatoms. The van der Waals surface area contributed by atoms with Crippen LogP contribution in [0.15, 0.2) is 60.8 Å². The Morgan fingerprint density at radius 3 is 1.19 bits per heavy atom. The minimum Gasteiger partial charge on any atom is -0.462 e. The number of esters is 1. The fourth-order valence-electron chi connectivity index (χ4n) is 8.99. The summed E-state index contributed by atoms with van der Waals surface area (Å²) in [6, 6.07) is -0.717. The zero-order valence-corrected chi connectivity index (χ0v) is 45.2. The van der Waals surface area contributed by atoms with Gasteiger partial charge < -0.3 is 20.3 Å². The lowest BCUT2D eigenvalue weighted by Gasteiger charge is -2.24. The summed E-state index contributed by atoms with van der Waals surface area (Å²) < 4.78 is 5.95. The van der Waals surface area contributed by atoms with Crippen LogP contribution in [-0.4, -0.2) is 46.9 Å². The van der Waals surface area contributed by atoms with Crippen LogP contribution in [0.2, 0.25) is 0 Å². The Kier molecular flexibility index (Phi) is 53.5. The van der Waals surface area contributed by atoms with Crippen molar-refractivity contribution in [2.24, 2.45) is 0 Å². The van der Waals surface area contributed by atoms with Crippen molar-refractivity contribution >= 4 is 11.9 Å². The lowest BCUT2D eigenvalue weighted by molar-refractivity contribution is -0.151. The molecule has 0 spiro atoms.